The van der Waals surface area contributed by atoms with Gasteiger partial charge in [-0.05, 0) is 19.0 Å². The third kappa shape index (κ3) is 4.25. The molecule has 1 nitrogen and oxygen atoms in total. The number of rotatable bonds is 4. The first kappa shape index (κ1) is 12.4. The van der Waals surface area contributed by atoms with E-state index in [0.29, 0.717) is 6.54 Å². The third-order valence-electron chi connectivity index (χ3n) is 1.70. The van der Waals surface area contributed by atoms with Crippen LogP contribution in [0.5, 0.6) is 0 Å². The van der Waals surface area contributed by atoms with E-state index in [1.165, 1.54) is 6.07 Å². The van der Waals surface area contributed by atoms with Crippen molar-refractivity contribution in [1.29, 1.82) is 0 Å². The molecule has 1 aromatic carbocycles. The van der Waals surface area contributed by atoms with E-state index >= 15 is 0 Å². The maximum Gasteiger partial charge on any atom is 0.127 e. The molecule has 1 N–H and O–H groups in total. The summed E-state index contributed by atoms with van der Waals surface area (Å²) in [6.07, 6.45) is 1.08. The molecule has 13 heavy (non-hydrogen) atoms. The van der Waals surface area contributed by atoms with Crippen molar-refractivity contribution in [3.05, 3.63) is 35.6 Å². The fraction of sp³-hybridized carbons (Fsp3) is 0.400. The lowest BCUT2D eigenvalue weighted by molar-refractivity contribution is -0.00000315. The molecule has 0 aliphatic rings. The average Bonchev–Trinajstić information content (AvgIpc) is 2.09. The summed E-state index contributed by atoms with van der Waals surface area (Å²) >= 11 is 0. The second kappa shape index (κ2) is 6.87. The molecule has 0 heterocycles. The Morgan fingerprint density at radius 2 is 2.00 bits per heavy atom. The summed E-state index contributed by atoms with van der Waals surface area (Å²) in [6.45, 7) is 3.66. The second-order valence-electron chi connectivity index (χ2n) is 2.77. The van der Waals surface area contributed by atoms with E-state index in [1.54, 1.807) is 12.1 Å². The Bertz CT molecular complexity index is 240. The molecule has 3 heteroatoms. The van der Waals surface area contributed by atoms with Crippen LogP contribution in [0.1, 0.15) is 18.9 Å². The summed E-state index contributed by atoms with van der Waals surface area (Å²) in [5, 5.41) is 3.15. The maximum atomic E-state index is 13.0. The highest BCUT2D eigenvalue weighted by molar-refractivity contribution is 5.16. The first-order valence-electron chi connectivity index (χ1n) is 4.28. The Balaban J connectivity index is 0.00000144. The molecule has 0 radical (unpaired) electrons. The molecule has 74 valence electrons. The van der Waals surface area contributed by atoms with Gasteiger partial charge in [0.05, 0.1) is 0 Å². The van der Waals surface area contributed by atoms with Gasteiger partial charge in [0.1, 0.15) is 5.82 Å². The highest BCUT2D eigenvalue weighted by Gasteiger charge is 1.97. The summed E-state index contributed by atoms with van der Waals surface area (Å²) < 4.78 is 13.0. The van der Waals surface area contributed by atoms with Gasteiger partial charge in [0.2, 0.25) is 0 Å². The van der Waals surface area contributed by atoms with Gasteiger partial charge in [-0.15, -0.1) is 0 Å². The summed E-state index contributed by atoms with van der Waals surface area (Å²) in [7, 11) is 0. The van der Waals surface area contributed by atoms with Crippen molar-refractivity contribution in [3.63, 3.8) is 0 Å². The predicted octanol–water partition coefficient (Wildman–Crippen LogP) is -0.671. The lowest BCUT2D eigenvalue weighted by atomic mass is 10.2. The molecular formula is C10H14ClFN-. The van der Waals surface area contributed by atoms with Crippen LogP contribution in [0.2, 0.25) is 0 Å². The van der Waals surface area contributed by atoms with Gasteiger partial charge in [0, 0.05) is 12.1 Å². The van der Waals surface area contributed by atoms with Gasteiger partial charge in [0.15, 0.2) is 0 Å². The lowest BCUT2D eigenvalue weighted by Crippen LogP contribution is -3.00. The number of halogens is 2. The Kier molecular flexibility index (Phi) is 6.55. The molecular weight excluding hydrogens is 189 g/mol. The van der Waals surface area contributed by atoms with Crippen LogP contribution in [0.3, 0.4) is 0 Å². The number of nitrogens with one attached hydrogen (secondary N) is 1. The predicted molar refractivity (Wildman–Crippen MR) is 48.4 cm³/mol. The van der Waals surface area contributed by atoms with Crippen molar-refractivity contribution in [3.8, 4) is 0 Å². The van der Waals surface area contributed by atoms with Gasteiger partial charge in [-0.3, -0.25) is 0 Å². The standard InChI is InChI=1S/C10H14FN.ClH/c1-2-7-12-8-9-5-3-4-6-10(9)11;/h3-6,12H,2,7-8H2,1H3;1H/p-1. The Morgan fingerprint density at radius 3 is 2.62 bits per heavy atom. The van der Waals surface area contributed by atoms with Gasteiger partial charge < -0.3 is 17.7 Å². The molecule has 0 fully saturated rings. The van der Waals surface area contributed by atoms with Crippen LogP contribution < -0.4 is 17.7 Å². The lowest BCUT2D eigenvalue weighted by Gasteiger charge is -2.03. The normalized spacial score (nSPS) is 9.38. The quantitative estimate of drug-likeness (QED) is 0.639. The molecule has 0 atom stereocenters. The van der Waals surface area contributed by atoms with Crippen LogP contribution in [-0.2, 0) is 6.54 Å². The summed E-state index contributed by atoms with van der Waals surface area (Å²) in [5.74, 6) is -0.124. The molecule has 0 aromatic heterocycles. The minimum absolute atomic E-state index is 0. The topological polar surface area (TPSA) is 12.0 Å². The van der Waals surface area contributed by atoms with E-state index in [9.17, 15) is 4.39 Å². The Hall–Kier alpha value is -0.600. The molecule has 1 rings (SSSR count). The summed E-state index contributed by atoms with van der Waals surface area (Å²) in [6, 6.07) is 6.85. The highest BCUT2D eigenvalue weighted by atomic mass is 35.5. The van der Waals surface area contributed by atoms with Gasteiger partial charge in [-0.1, -0.05) is 25.1 Å². The minimum atomic E-state index is -0.124. The zero-order valence-corrected chi connectivity index (χ0v) is 8.44. The van der Waals surface area contributed by atoms with Crippen LogP contribution in [-0.4, -0.2) is 6.54 Å². The largest absolute Gasteiger partial charge is 1.00 e. The monoisotopic (exact) mass is 202 g/mol. The van der Waals surface area contributed by atoms with E-state index in [-0.39, 0.29) is 18.2 Å². The molecule has 0 aliphatic heterocycles. The van der Waals surface area contributed by atoms with E-state index in [1.807, 2.05) is 6.07 Å². The number of hydrogen-bond donors (Lipinski definition) is 1. The molecule has 0 saturated heterocycles. The molecule has 0 saturated carbocycles. The maximum absolute atomic E-state index is 13.0. The molecule has 0 amide bonds. The van der Waals surface area contributed by atoms with E-state index in [0.717, 1.165) is 18.5 Å². The van der Waals surface area contributed by atoms with Gasteiger partial charge in [-0.2, -0.15) is 0 Å². The molecule has 0 aliphatic carbocycles. The van der Waals surface area contributed by atoms with Crippen LogP contribution >= 0.6 is 0 Å². The zero-order valence-electron chi connectivity index (χ0n) is 7.69. The SMILES string of the molecule is CCCNCc1ccccc1F.[Cl-]. The summed E-state index contributed by atoms with van der Waals surface area (Å²) in [4.78, 5) is 0. The number of hydrogen-bond acceptors (Lipinski definition) is 1. The Labute approximate surface area is 84.8 Å². The van der Waals surface area contributed by atoms with Gasteiger partial charge in [-0.25, -0.2) is 4.39 Å². The zero-order chi connectivity index (χ0) is 8.81. The highest BCUT2D eigenvalue weighted by Crippen LogP contribution is 2.04. The second-order valence-corrected chi connectivity index (χ2v) is 2.77. The van der Waals surface area contributed by atoms with Crippen LogP contribution in [0, 0.1) is 5.82 Å². The molecule has 1 aromatic rings. The van der Waals surface area contributed by atoms with Crippen LogP contribution in [0.15, 0.2) is 24.3 Å². The first-order chi connectivity index (χ1) is 5.84. The van der Waals surface area contributed by atoms with E-state index in [4.69, 9.17) is 0 Å². The van der Waals surface area contributed by atoms with Crippen LogP contribution in [0.4, 0.5) is 4.39 Å². The molecule has 0 unspecified atom stereocenters. The van der Waals surface area contributed by atoms with Gasteiger partial charge >= 0.3 is 0 Å². The number of benzene rings is 1. The van der Waals surface area contributed by atoms with Gasteiger partial charge in [0.25, 0.3) is 0 Å². The van der Waals surface area contributed by atoms with Crippen molar-refractivity contribution in [2.75, 3.05) is 6.54 Å². The van der Waals surface area contributed by atoms with Crippen molar-refractivity contribution < 1.29 is 16.8 Å². The van der Waals surface area contributed by atoms with Crippen molar-refractivity contribution in [1.82, 2.24) is 5.32 Å². The third-order valence-corrected chi connectivity index (χ3v) is 1.70. The minimum Gasteiger partial charge on any atom is -1.00 e. The van der Waals surface area contributed by atoms with E-state index in [2.05, 4.69) is 12.2 Å². The molecule has 0 bridgehead atoms. The van der Waals surface area contributed by atoms with Crippen molar-refractivity contribution in [2.24, 2.45) is 0 Å². The van der Waals surface area contributed by atoms with Crippen LogP contribution in [0.25, 0.3) is 0 Å². The first-order valence-corrected chi connectivity index (χ1v) is 4.28. The van der Waals surface area contributed by atoms with Crippen molar-refractivity contribution in [2.45, 2.75) is 19.9 Å². The Morgan fingerprint density at radius 1 is 1.31 bits per heavy atom. The van der Waals surface area contributed by atoms with E-state index < -0.39 is 0 Å². The smallest absolute Gasteiger partial charge is 0.127 e. The average molecular weight is 203 g/mol. The summed E-state index contributed by atoms with van der Waals surface area (Å²) in [5.41, 5.74) is 0.742. The fourth-order valence-electron chi connectivity index (χ4n) is 1.04. The fourth-order valence-corrected chi connectivity index (χ4v) is 1.04. The molecule has 0 spiro atoms. The van der Waals surface area contributed by atoms with Crippen molar-refractivity contribution >= 4 is 0 Å².